The second-order valence-electron chi connectivity index (χ2n) is 7.85. The predicted molar refractivity (Wildman–Crippen MR) is 96.8 cm³/mol. The Morgan fingerprint density at radius 1 is 1.07 bits per heavy atom. The summed E-state index contributed by atoms with van der Waals surface area (Å²) >= 11 is 0. The van der Waals surface area contributed by atoms with Crippen LogP contribution in [-0.4, -0.2) is 23.1 Å². The van der Waals surface area contributed by atoms with Gasteiger partial charge in [-0.3, -0.25) is 0 Å². The van der Waals surface area contributed by atoms with E-state index in [1.54, 1.807) is 27.7 Å². The monoisotopic (exact) mass is 377 g/mol. The first-order valence-electron chi connectivity index (χ1n) is 8.82. The highest BCUT2D eigenvalue weighted by Gasteiger charge is 2.33. The van der Waals surface area contributed by atoms with E-state index < -0.39 is 29.1 Å². The van der Waals surface area contributed by atoms with Crippen LogP contribution in [0.15, 0.2) is 30.3 Å². The fourth-order valence-electron chi connectivity index (χ4n) is 3.47. The van der Waals surface area contributed by atoms with E-state index in [-0.39, 0.29) is 30.1 Å². The number of benzene rings is 2. The first-order valence-corrected chi connectivity index (χ1v) is 8.82. The van der Waals surface area contributed by atoms with Crippen LogP contribution in [0, 0.1) is 17.5 Å². The molecule has 6 heteroatoms. The first kappa shape index (κ1) is 19.3. The van der Waals surface area contributed by atoms with E-state index in [9.17, 15) is 18.0 Å². The number of hydrogen-bond acceptors (Lipinski definition) is 2. The molecule has 1 unspecified atom stereocenters. The smallest absolute Gasteiger partial charge is 0.410 e. The number of amides is 1. The van der Waals surface area contributed by atoms with E-state index in [0.29, 0.717) is 11.1 Å². The zero-order chi connectivity index (χ0) is 19.9. The van der Waals surface area contributed by atoms with E-state index >= 15 is 0 Å². The normalized spacial score (nSPS) is 16.9. The Kier molecular flexibility index (Phi) is 4.93. The lowest BCUT2D eigenvalue weighted by Crippen LogP contribution is -2.41. The third-order valence-electron chi connectivity index (χ3n) is 4.52. The van der Waals surface area contributed by atoms with Gasteiger partial charge in [0.2, 0.25) is 0 Å². The number of fused-ring (bicyclic) bond motifs is 1. The predicted octanol–water partition coefficient (Wildman–Crippen LogP) is 5.63. The van der Waals surface area contributed by atoms with Gasteiger partial charge < -0.3 is 9.64 Å². The molecule has 27 heavy (non-hydrogen) atoms. The van der Waals surface area contributed by atoms with Crippen LogP contribution in [0.3, 0.4) is 0 Å². The van der Waals surface area contributed by atoms with E-state index in [0.717, 1.165) is 12.1 Å². The van der Waals surface area contributed by atoms with Crippen molar-refractivity contribution < 1.29 is 22.7 Å². The van der Waals surface area contributed by atoms with Gasteiger partial charge in [0.05, 0.1) is 12.1 Å². The molecule has 0 saturated heterocycles. The maximum Gasteiger partial charge on any atom is 0.410 e. The Morgan fingerprint density at radius 2 is 1.70 bits per heavy atom. The summed E-state index contributed by atoms with van der Waals surface area (Å²) in [5.74, 6) is -2.24. The zero-order valence-corrected chi connectivity index (χ0v) is 15.8. The largest absolute Gasteiger partial charge is 0.444 e. The quantitative estimate of drug-likeness (QED) is 0.645. The highest BCUT2D eigenvalue weighted by molar-refractivity contribution is 5.74. The third kappa shape index (κ3) is 3.80. The highest BCUT2D eigenvalue weighted by Crippen LogP contribution is 2.39. The molecule has 1 aliphatic rings. The molecule has 1 heterocycles. The lowest BCUT2D eigenvalue weighted by Gasteiger charge is -2.35. The van der Waals surface area contributed by atoms with Crippen LogP contribution in [0.25, 0.3) is 11.1 Å². The van der Waals surface area contributed by atoms with E-state index in [2.05, 4.69) is 0 Å². The molecular weight excluding hydrogens is 355 g/mol. The molecule has 0 fully saturated rings. The van der Waals surface area contributed by atoms with Crippen molar-refractivity contribution in [3.8, 4) is 11.1 Å². The van der Waals surface area contributed by atoms with Gasteiger partial charge in [0.1, 0.15) is 23.1 Å². The molecule has 144 valence electrons. The van der Waals surface area contributed by atoms with Crippen LogP contribution in [0.5, 0.6) is 0 Å². The van der Waals surface area contributed by atoms with E-state index in [1.165, 1.54) is 23.1 Å². The summed E-state index contributed by atoms with van der Waals surface area (Å²) in [6.45, 7) is 7.33. The number of nitrogens with zero attached hydrogens (tertiary/aromatic N) is 1. The van der Waals surface area contributed by atoms with Gasteiger partial charge in [0.15, 0.2) is 0 Å². The standard InChI is InChI=1S/C21H22F3NO2/c1-12-10-25(20(26)27-21(2,3)4)11-14-13(8-9-17(24)18(12)14)19-15(22)6-5-7-16(19)23/h5-9,12H,10-11H2,1-4H3. The molecule has 0 bridgehead atoms. The lowest BCUT2D eigenvalue weighted by atomic mass is 9.85. The first-order chi connectivity index (χ1) is 12.6. The molecule has 2 aromatic rings. The number of carbonyl (C=O) groups excluding carboxylic acids is 1. The summed E-state index contributed by atoms with van der Waals surface area (Å²) in [5.41, 5.74) is 0.149. The zero-order valence-electron chi connectivity index (χ0n) is 15.8. The second-order valence-corrected chi connectivity index (χ2v) is 7.85. The van der Waals surface area contributed by atoms with Gasteiger partial charge in [-0.05, 0) is 55.7 Å². The van der Waals surface area contributed by atoms with Gasteiger partial charge in [-0.25, -0.2) is 18.0 Å². The molecular formula is C21H22F3NO2. The van der Waals surface area contributed by atoms with Crippen LogP contribution in [0.2, 0.25) is 0 Å². The molecule has 0 N–H and O–H groups in total. The summed E-state index contributed by atoms with van der Waals surface area (Å²) < 4.78 is 48.6. The molecule has 0 radical (unpaired) electrons. The Labute approximate surface area is 156 Å². The molecule has 0 saturated carbocycles. The van der Waals surface area contributed by atoms with Crippen LogP contribution in [0.1, 0.15) is 44.7 Å². The van der Waals surface area contributed by atoms with Crippen molar-refractivity contribution in [2.75, 3.05) is 6.54 Å². The minimum atomic E-state index is -0.731. The van der Waals surface area contributed by atoms with Crippen LogP contribution >= 0.6 is 0 Å². The van der Waals surface area contributed by atoms with Crippen molar-refractivity contribution in [3.63, 3.8) is 0 Å². The van der Waals surface area contributed by atoms with Crippen molar-refractivity contribution in [1.29, 1.82) is 0 Å². The van der Waals surface area contributed by atoms with Crippen molar-refractivity contribution in [1.82, 2.24) is 4.90 Å². The summed E-state index contributed by atoms with van der Waals surface area (Å²) in [7, 11) is 0. The average Bonchev–Trinajstić information content (AvgIpc) is 2.54. The second kappa shape index (κ2) is 6.91. The summed E-state index contributed by atoms with van der Waals surface area (Å²) in [5, 5.41) is 0. The summed E-state index contributed by atoms with van der Waals surface area (Å²) in [4.78, 5) is 13.9. The Hall–Kier alpha value is -2.50. The van der Waals surface area contributed by atoms with Crippen LogP contribution < -0.4 is 0 Å². The molecule has 0 spiro atoms. The van der Waals surface area contributed by atoms with E-state index in [4.69, 9.17) is 4.74 Å². The molecule has 2 aromatic carbocycles. The third-order valence-corrected chi connectivity index (χ3v) is 4.52. The minimum absolute atomic E-state index is 0.0233. The van der Waals surface area contributed by atoms with Crippen molar-refractivity contribution in [3.05, 3.63) is 58.9 Å². The molecule has 3 rings (SSSR count). The number of carbonyl (C=O) groups is 1. The Balaban J connectivity index is 2.10. The minimum Gasteiger partial charge on any atom is -0.444 e. The Morgan fingerprint density at radius 3 is 2.30 bits per heavy atom. The topological polar surface area (TPSA) is 29.5 Å². The fraction of sp³-hybridized carbons (Fsp3) is 0.381. The fourth-order valence-corrected chi connectivity index (χ4v) is 3.47. The van der Waals surface area contributed by atoms with Crippen LogP contribution in [0.4, 0.5) is 18.0 Å². The molecule has 0 aliphatic carbocycles. The maximum atomic E-state index is 14.5. The van der Waals surface area contributed by atoms with E-state index in [1.807, 2.05) is 0 Å². The number of ether oxygens (including phenoxy) is 1. The highest BCUT2D eigenvalue weighted by atomic mass is 19.1. The van der Waals surface area contributed by atoms with Crippen molar-refractivity contribution in [2.45, 2.75) is 45.8 Å². The Bertz CT molecular complexity index is 869. The average molecular weight is 377 g/mol. The van der Waals surface area contributed by atoms with Gasteiger partial charge in [0.25, 0.3) is 0 Å². The number of hydrogen-bond donors (Lipinski definition) is 0. The van der Waals surface area contributed by atoms with Crippen LogP contribution in [-0.2, 0) is 11.3 Å². The summed E-state index contributed by atoms with van der Waals surface area (Å²) in [6, 6.07) is 6.18. The van der Waals surface area contributed by atoms with Gasteiger partial charge in [-0.1, -0.05) is 19.1 Å². The van der Waals surface area contributed by atoms with Gasteiger partial charge >= 0.3 is 6.09 Å². The number of halogens is 3. The van der Waals surface area contributed by atoms with Crippen molar-refractivity contribution >= 4 is 6.09 Å². The molecule has 3 nitrogen and oxygen atoms in total. The molecule has 1 atom stereocenters. The van der Waals surface area contributed by atoms with Gasteiger partial charge in [0, 0.05) is 12.5 Å². The lowest BCUT2D eigenvalue weighted by molar-refractivity contribution is 0.0208. The number of rotatable bonds is 1. The SMILES string of the molecule is CC1CN(C(=O)OC(C)(C)C)Cc2c(-c3c(F)cccc3F)ccc(F)c21. The van der Waals surface area contributed by atoms with Gasteiger partial charge in [-0.15, -0.1) is 0 Å². The maximum absolute atomic E-state index is 14.5. The molecule has 0 aromatic heterocycles. The molecule has 1 aliphatic heterocycles. The van der Waals surface area contributed by atoms with Gasteiger partial charge in [-0.2, -0.15) is 0 Å². The summed E-state index contributed by atoms with van der Waals surface area (Å²) in [6.07, 6.45) is -0.538. The van der Waals surface area contributed by atoms with Crippen molar-refractivity contribution in [2.24, 2.45) is 0 Å². The molecule has 1 amide bonds.